The van der Waals surface area contributed by atoms with Crippen molar-refractivity contribution in [2.45, 2.75) is 91.4 Å². The highest BCUT2D eigenvalue weighted by Crippen LogP contribution is 2.35. The van der Waals surface area contributed by atoms with Crippen LogP contribution in [-0.4, -0.2) is 102 Å². The molecule has 0 saturated carbocycles. The zero-order valence-corrected chi connectivity index (χ0v) is 33.1. The SMILES string of the molecule is CCOC(=O)N[C@H](C(=O)N1CCC[C@H]1c1nc(-c2ccc(-c3ccc(-c4c[nH]c([C@@H]5CCCN5C(=O)[C@H](C(C)C)N(CC)C(=O)O)n4)cc3)cc2)c[nH]1)C(C)C. The lowest BCUT2D eigenvalue weighted by molar-refractivity contribution is -0.139. The average molecular weight is 767 g/mol. The van der Waals surface area contributed by atoms with Gasteiger partial charge in [0.15, 0.2) is 0 Å². The molecule has 6 rings (SSSR count). The first-order chi connectivity index (χ1) is 26.9. The van der Waals surface area contributed by atoms with Crippen LogP contribution in [0, 0.1) is 11.8 Å². The maximum atomic E-state index is 13.7. The Morgan fingerprint density at radius 1 is 0.768 bits per heavy atom. The van der Waals surface area contributed by atoms with Gasteiger partial charge in [-0.25, -0.2) is 19.6 Å². The van der Waals surface area contributed by atoms with E-state index in [1.165, 1.54) is 4.90 Å². The Kier molecular flexibility index (Phi) is 12.5. The van der Waals surface area contributed by atoms with E-state index in [0.717, 1.165) is 65.1 Å². The number of carboxylic acid groups (broad SMARTS) is 1. The molecule has 0 aliphatic carbocycles. The molecule has 2 fully saturated rings. The molecule has 2 aliphatic heterocycles. The predicted molar refractivity (Wildman–Crippen MR) is 212 cm³/mol. The van der Waals surface area contributed by atoms with Crippen molar-refractivity contribution in [3.05, 3.63) is 72.6 Å². The van der Waals surface area contributed by atoms with Crippen LogP contribution in [-0.2, 0) is 14.3 Å². The normalized spacial score (nSPS) is 18.0. The van der Waals surface area contributed by atoms with Crippen molar-refractivity contribution in [1.82, 2.24) is 40.0 Å². The van der Waals surface area contributed by atoms with Gasteiger partial charge < -0.3 is 34.9 Å². The zero-order chi connectivity index (χ0) is 40.1. The number of benzene rings is 2. The van der Waals surface area contributed by atoms with Crippen molar-refractivity contribution in [2.75, 3.05) is 26.2 Å². The third-order valence-electron chi connectivity index (χ3n) is 10.9. The molecule has 14 nitrogen and oxygen atoms in total. The third-order valence-corrected chi connectivity index (χ3v) is 10.9. The molecule has 0 spiro atoms. The second-order valence-corrected chi connectivity index (χ2v) is 15.2. The summed E-state index contributed by atoms with van der Waals surface area (Å²) in [6.45, 7) is 12.7. The number of amides is 4. The number of aromatic amines is 2. The van der Waals surface area contributed by atoms with Crippen LogP contribution in [0.25, 0.3) is 33.6 Å². The molecule has 0 radical (unpaired) electrons. The molecular weight excluding hydrogens is 713 g/mol. The predicted octanol–water partition coefficient (Wildman–Crippen LogP) is 7.26. The lowest BCUT2D eigenvalue weighted by Gasteiger charge is -2.35. The summed E-state index contributed by atoms with van der Waals surface area (Å²) in [7, 11) is 0. The fraction of sp³-hybridized carbons (Fsp3) is 0.476. The maximum absolute atomic E-state index is 13.7. The molecule has 2 saturated heterocycles. The van der Waals surface area contributed by atoms with Gasteiger partial charge in [0.2, 0.25) is 11.8 Å². The van der Waals surface area contributed by atoms with Crippen molar-refractivity contribution in [1.29, 1.82) is 0 Å². The number of carbonyl (C=O) groups excluding carboxylic acids is 3. The first-order valence-corrected chi connectivity index (χ1v) is 19.8. The molecule has 0 bridgehead atoms. The van der Waals surface area contributed by atoms with Crippen molar-refractivity contribution in [2.24, 2.45) is 11.8 Å². The number of alkyl carbamates (subject to hydrolysis) is 1. The smallest absolute Gasteiger partial charge is 0.407 e. The van der Waals surface area contributed by atoms with E-state index in [9.17, 15) is 24.3 Å². The monoisotopic (exact) mass is 766 g/mol. The van der Waals surface area contributed by atoms with Gasteiger partial charge in [0.1, 0.15) is 23.7 Å². The van der Waals surface area contributed by atoms with Crippen molar-refractivity contribution in [3.63, 3.8) is 0 Å². The van der Waals surface area contributed by atoms with Crippen LogP contribution < -0.4 is 5.32 Å². The van der Waals surface area contributed by atoms with Crippen molar-refractivity contribution in [3.8, 4) is 33.6 Å². The number of nitrogens with one attached hydrogen (secondary N) is 3. The van der Waals surface area contributed by atoms with Crippen LogP contribution in [0.2, 0.25) is 0 Å². The lowest BCUT2D eigenvalue weighted by atomic mass is 10.0. The topological polar surface area (TPSA) is 177 Å². The first-order valence-electron chi connectivity index (χ1n) is 19.8. The number of ether oxygens (including phenoxy) is 1. The molecule has 2 aromatic heterocycles. The molecule has 56 heavy (non-hydrogen) atoms. The highest BCUT2D eigenvalue weighted by molar-refractivity contribution is 5.87. The quantitative estimate of drug-likeness (QED) is 0.110. The van der Waals surface area contributed by atoms with Crippen molar-refractivity contribution >= 4 is 24.0 Å². The average Bonchev–Trinajstić information content (AvgIpc) is 4.02. The van der Waals surface area contributed by atoms with Crippen LogP contribution in [0.5, 0.6) is 0 Å². The van der Waals surface area contributed by atoms with Gasteiger partial charge in [0.25, 0.3) is 0 Å². The number of carbonyl (C=O) groups is 4. The largest absolute Gasteiger partial charge is 0.465 e. The van der Waals surface area contributed by atoms with Gasteiger partial charge in [-0.2, -0.15) is 0 Å². The number of rotatable bonds is 13. The van der Waals surface area contributed by atoms with E-state index in [1.807, 2.05) is 69.3 Å². The van der Waals surface area contributed by atoms with Gasteiger partial charge in [-0.3, -0.25) is 14.5 Å². The van der Waals surface area contributed by atoms with Gasteiger partial charge in [0, 0.05) is 43.2 Å². The van der Waals surface area contributed by atoms with E-state index < -0.39 is 24.3 Å². The number of hydrogen-bond acceptors (Lipinski definition) is 7. The summed E-state index contributed by atoms with van der Waals surface area (Å²) in [6.07, 6.45) is 5.25. The van der Waals surface area contributed by atoms with Gasteiger partial charge in [0.05, 0.1) is 30.1 Å². The van der Waals surface area contributed by atoms with Crippen LogP contribution in [0.4, 0.5) is 9.59 Å². The Morgan fingerprint density at radius 2 is 1.23 bits per heavy atom. The summed E-state index contributed by atoms with van der Waals surface area (Å²) in [4.78, 5) is 72.7. The van der Waals surface area contributed by atoms with Crippen LogP contribution in [0.15, 0.2) is 60.9 Å². The molecule has 2 aromatic carbocycles. The fourth-order valence-electron chi connectivity index (χ4n) is 8.00. The molecule has 4 heterocycles. The van der Waals surface area contributed by atoms with Gasteiger partial charge in [-0.1, -0.05) is 76.2 Å². The highest BCUT2D eigenvalue weighted by Gasteiger charge is 2.41. The minimum Gasteiger partial charge on any atom is -0.465 e. The summed E-state index contributed by atoms with van der Waals surface area (Å²) in [5, 5.41) is 12.5. The van der Waals surface area contributed by atoms with E-state index in [0.29, 0.717) is 18.9 Å². The second-order valence-electron chi connectivity index (χ2n) is 15.2. The molecule has 2 aliphatic rings. The number of likely N-dealkylation sites (N-methyl/N-ethyl adjacent to an activating group) is 1. The summed E-state index contributed by atoms with van der Waals surface area (Å²) in [5.41, 5.74) is 5.53. The van der Waals surface area contributed by atoms with Gasteiger partial charge in [-0.15, -0.1) is 0 Å². The molecule has 4 N–H and O–H groups in total. The van der Waals surface area contributed by atoms with Crippen LogP contribution in [0.1, 0.15) is 91.0 Å². The summed E-state index contributed by atoms with van der Waals surface area (Å²) in [6, 6.07) is 14.5. The zero-order valence-electron chi connectivity index (χ0n) is 33.1. The minimum absolute atomic E-state index is 0.107. The number of hydrogen-bond donors (Lipinski definition) is 4. The van der Waals surface area contributed by atoms with Crippen LogP contribution >= 0.6 is 0 Å². The van der Waals surface area contributed by atoms with E-state index in [2.05, 4.69) is 39.6 Å². The fourth-order valence-corrected chi connectivity index (χ4v) is 8.00. The minimum atomic E-state index is -1.09. The highest BCUT2D eigenvalue weighted by atomic mass is 16.5. The maximum Gasteiger partial charge on any atom is 0.407 e. The number of likely N-dealkylation sites (tertiary alicyclic amines) is 2. The molecule has 298 valence electrons. The molecule has 14 heteroatoms. The summed E-state index contributed by atoms with van der Waals surface area (Å²) in [5.74, 6) is 0.830. The number of aromatic nitrogens is 4. The standard InChI is InChI=1S/C42H54N8O6/c1-7-48(42(54)55)36(26(5)6)40(52)50-22-10-12-34(50)38-44-24-32(46-38)30-19-15-28(16-20-30)27-13-17-29(18-14-27)31-23-43-37(45-31)33-11-9-21-49(33)39(51)35(25(3)4)47-41(53)56-8-2/h13-20,23-26,33-36H,7-12,21-22H2,1-6H3,(H,43,45)(H,44,46)(H,47,53)(H,54,55)/t33-,34-,35-,36-/m0/s1. The summed E-state index contributed by atoms with van der Waals surface area (Å²) >= 11 is 0. The Morgan fingerprint density at radius 3 is 1.64 bits per heavy atom. The lowest BCUT2D eigenvalue weighted by Crippen LogP contribution is -2.53. The molecular formula is C42H54N8O6. The first kappa shape index (κ1) is 40.0. The number of H-pyrrole nitrogens is 2. The van der Waals surface area contributed by atoms with E-state index in [1.54, 1.807) is 18.7 Å². The van der Waals surface area contributed by atoms with E-state index >= 15 is 0 Å². The second kappa shape index (κ2) is 17.4. The third kappa shape index (κ3) is 8.43. The van der Waals surface area contributed by atoms with Crippen LogP contribution in [0.3, 0.4) is 0 Å². The number of imidazole rings is 2. The molecule has 4 aromatic rings. The molecule has 0 unspecified atom stereocenters. The molecule has 4 amide bonds. The van der Waals surface area contributed by atoms with Gasteiger partial charge >= 0.3 is 12.2 Å². The summed E-state index contributed by atoms with van der Waals surface area (Å²) < 4.78 is 5.04. The van der Waals surface area contributed by atoms with E-state index in [-0.39, 0.29) is 48.9 Å². The Hall–Kier alpha value is -5.66. The Balaban J connectivity index is 1.11. The molecule has 4 atom stereocenters. The Labute approximate surface area is 328 Å². The van der Waals surface area contributed by atoms with E-state index in [4.69, 9.17) is 14.7 Å². The van der Waals surface area contributed by atoms with Crippen molar-refractivity contribution < 1.29 is 29.0 Å². The number of nitrogens with zero attached hydrogens (tertiary/aromatic N) is 5. The Bertz CT molecular complexity index is 1990. The van der Waals surface area contributed by atoms with Gasteiger partial charge in [-0.05, 0) is 62.5 Å².